The number of nitrogens with zero attached hydrogens (tertiary/aromatic N) is 2. The number of nitro groups is 2. The Bertz CT molecular complexity index is 476. The van der Waals surface area contributed by atoms with Crippen LogP contribution in [0.4, 0.5) is 11.4 Å². The summed E-state index contributed by atoms with van der Waals surface area (Å²) in [6.07, 6.45) is 0. The maximum absolute atomic E-state index is 10.7. The van der Waals surface area contributed by atoms with E-state index in [1.807, 2.05) is 0 Å². The van der Waals surface area contributed by atoms with Crippen molar-refractivity contribution in [3.8, 4) is 5.75 Å². The maximum Gasteiger partial charge on any atom is 0.390 e. The molecule has 0 saturated heterocycles. The topological polar surface area (TPSA) is 95.5 Å². The average Bonchev–Trinajstić information content (AvgIpc) is 2.15. The van der Waals surface area contributed by atoms with Gasteiger partial charge in [0.05, 0.1) is 22.0 Å². The van der Waals surface area contributed by atoms with E-state index in [1.165, 1.54) is 0 Å². The van der Waals surface area contributed by atoms with Gasteiger partial charge in [-0.2, -0.15) is 0 Å². The van der Waals surface area contributed by atoms with Crippen LogP contribution in [0.2, 0.25) is 10.0 Å². The summed E-state index contributed by atoms with van der Waals surface area (Å²) in [5.41, 5.74) is -1.70. The van der Waals surface area contributed by atoms with Gasteiger partial charge >= 0.3 is 11.4 Å². The molecule has 0 amide bonds. The molecule has 1 rings (SSSR count). The minimum absolute atomic E-state index is 0.162. The van der Waals surface area contributed by atoms with Crippen LogP contribution in [0.5, 0.6) is 5.75 Å². The summed E-state index contributed by atoms with van der Waals surface area (Å²) in [5.74, 6) is -0.386. The number of nitro benzene ring substituents is 2. The van der Waals surface area contributed by atoms with Gasteiger partial charge in [0, 0.05) is 0 Å². The second kappa shape index (κ2) is 4.50. The van der Waals surface area contributed by atoms with E-state index in [9.17, 15) is 20.2 Å². The largest absolute Gasteiger partial charge is 0.489 e. The van der Waals surface area contributed by atoms with Crippen molar-refractivity contribution < 1.29 is 14.6 Å². The summed E-state index contributed by atoms with van der Waals surface area (Å²) < 4.78 is 4.65. The van der Waals surface area contributed by atoms with Crippen LogP contribution in [-0.4, -0.2) is 17.0 Å². The SMILES string of the molecule is COc1c(Cl)cc(Cl)c([N+](=O)[O-])c1[N+](=O)[O-]. The van der Waals surface area contributed by atoms with Gasteiger partial charge in [0.15, 0.2) is 0 Å². The lowest BCUT2D eigenvalue weighted by Gasteiger charge is -2.05. The fourth-order valence-electron chi connectivity index (χ4n) is 1.12. The molecule has 1 aromatic rings. The number of benzene rings is 1. The first-order chi connectivity index (χ1) is 7.40. The van der Waals surface area contributed by atoms with Crippen molar-refractivity contribution in [1.82, 2.24) is 0 Å². The third-order valence-corrected chi connectivity index (χ3v) is 2.27. The Balaban J connectivity index is 3.72. The lowest BCUT2D eigenvalue weighted by Crippen LogP contribution is -2.01. The van der Waals surface area contributed by atoms with Gasteiger partial charge in [0.1, 0.15) is 5.02 Å². The standard InChI is InChI=1S/C7H4Cl2N2O5/c1-16-7-4(9)2-3(8)5(10(12)13)6(7)11(14)15/h2H,1H3. The smallest absolute Gasteiger partial charge is 0.390 e. The van der Waals surface area contributed by atoms with E-state index >= 15 is 0 Å². The van der Waals surface area contributed by atoms with Crippen molar-refractivity contribution in [3.63, 3.8) is 0 Å². The first kappa shape index (κ1) is 12.5. The molecule has 0 saturated carbocycles. The second-order valence-electron chi connectivity index (χ2n) is 2.58. The number of halogens is 2. The molecule has 16 heavy (non-hydrogen) atoms. The van der Waals surface area contributed by atoms with Crippen molar-refractivity contribution in [2.45, 2.75) is 0 Å². The highest BCUT2D eigenvalue weighted by molar-refractivity contribution is 6.37. The molecule has 0 unspecified atom stereocenters. The van der Waals surface area contributed by atoms with Gasteiger partial charge in [-0.05, 0) is 6.07 Å². The summed E-state index contributed by atoms with van der Waals surface area (Å²) in [4.78, 5) is 19.4. The number of rotatable bonds is 3. The first-order valence-corrected chi connectivity index (χ1v) is 4.50. The van der Waals surface area contributed by atoms with Gasteiger partial charge in [0.2, 0.25) is 5.75 Å². The summed E-state index contributed by atoms with van der Waals surface area (Å²) in [6, 6.07) is 1.02. The highest BCUT2D eigenvalue weighted by atomic mass is 35.5. The van der Waals surface area contributed by atoms with Crippen molar-refractivity contribution in [2.75, 3.05) is 7.11 Å². The fraction of sp³-hybridized carbons (Fsp3) is 0.143. The summed E-state index contributed by atoms with van der Waals surface area (Å²) in [5, 5.41) is 20.8. The number of methoxy groups -OCH3 is 1. The van der Waals surface area contributed by atoms with Gasteiger partial charge in [0.25, 0.3) is 0 Å². The molecule has 0 atom stereocenters. The van der Waals surface area contributed by atoms with Gasteiger partial charge in [-0.15, -0.1) is 0 Å². The molecule has 0 radical (unpaired) electrons. The molecule has 0 bridgehead atoms. The molecule has 0 aliphatic rings. The molecule has 0 aliphatic carbocycles. The molecule has 0 N–H and O–H groups in total. The molecular formula is C7H4Cl2N2O5. The van der Waals surface area contributed by atoms with Crippen LogP contribution in [0.1, 0.15) is 0 Å². The predicted molar refractivity (Wildman–Crippen MR) is 56.3 cm³/mol. The van der Waals surface area contributed by atoms with E-state index < -0.39 is 26.2 Å². The fourth-order valence-corrected chi connectivity index (χ4v) is 1.72. The van der Waals surface area contributed by atoms with E-state index in [4.69, 9.17) is 23.2 Å². The monoisotopic (exact) mass is 266 g/mol. The van der Waals surface area contributed by atoms with Crippen LogP contribution < -0.4 is 4.74 Å². The third kappa shape index (κ3) is 2.00. The van der Waals surface area contributed by atoms with Crippen LogP contribution in [0.25, 0.3) is 0 Å². The van der Waals surface area contributed by atoms with Crippen LogP contribution in [0.3, 0.4) is 0 Å². The highest BCUT2D eigenvalue weighted by Crippen LogP contribution is 2.45. The minimum Gasteiger partial charge on any atom is -0.489 e. The van der Waals surface area contributed by atoms with E-state index in [0.717, 1.165) is 13.2 Å². The summed E-state index contributed by atoms with van der Waals surface area (Å²) in [7, 11) is 1.12. The van der Waals surface area contributed by atoms with Gasteiger partial charge < -0.3 is 4.74 Å². The zero-order valence-corrected chi connectivity index (χ0v) is 9.28. The Morgan fingerprint density at radius 2 is 1.62 bits per heavy atom. The Hall–Kier alpha value is -1.60. The highest BCUT2D eigenvalue weighted by Gasteiger charge is 2.35. The Labute approximate surface area is 98.8 Å². The second-order valence-corrected chi connectivity index (χ2v) is 3.40. The van der Waals surface area contributed by atoms with Crippen molar-refractivity contribution in [2.24, 2.45) is 0 Å². The van der Waals surface area contributed by atoms with Crippen LogP contribution in [0.15, 0.2) is 6.07 Å². The van der Waals surface area contributed by atoms with Crippen molar-refractivity contribution in [1.29, 1.82) is 0 Å². The van der Waals surface area contributed by atoms with Crippen LogP contribution in [-0.2, 0) is 0 Å². The number of ether oxygens (including phenoxy) is 1. The molecule has 0 aromatic heterocycles. The van der Waals surface area contributed by atoms with Crippen molar-refractivity contribution in [3.05, 3.63) is 36.3 Å². The lowest BCUT2D eigenvalue weighted by molar-refractivity contribution is -0.422. The Morgan fingerprint density at radius 1 is 1.12 bits per heavy atom. The zero-order valence-electron chi connectivity index (χ0n) is 7.77. The molecular weight excluding hydrogens is 263 g/mol. The molecule has 0 aliphatic heterocycles. The lowest BCUT2D eigenvalue weighted by atomic mass is 10.2. The molecule has 86 valence electrons. The predicted octanol–water partition coefficient (Wildman–Crippen LogP) is 2.82. The maximum atomic E-state index is 10.7. The molecule has 0 fully saturated rings. The zero-order chi connectivity index (χ0) is 12.5. The molecule has 7 nitrogen and oxygen atoms in total. The summed E-state index contributed by atoms with van der Waals surface area (Å²) >= 11 is 11.1. The van der Waals surface area contributed by atoms with Gasteiger partial charge in [-0.1, -0.05) is 23.2 Å². The Kier molecular flexibility index (Phi) is 3.51. The minimum atomic E-state index is -0.964. The third-order valence-electron chi connectivity index (χ3n) is 1.71. The molecule has 0 spiro atoms. The first-order valence-electron chi connectivity index (χ1n) is 3.75. The van der Waals surface area contributed by atoms with E-state index in [1.54, 1.807) is 0 Å². The molecule has 0 heterocycles. The average molecular weight is 267 g/mol. The number of hydrogen-bond donors (Lipinski definition) is 0. The Morgan fingerprint density at radius 3 is 2.00 bits per heavy atom. The van der Waals surface area contributed by atoms with Gasteiger partial charge in [-0.3, -0.25) is 20.2 Å². The van der Waals surface area contributed by atoms with E-state index in [2.05, 4.69) is 4.74 Å². The summed E-state index contributed by atoms with van der Waals surface area (Å²) in [6.45, 7) is 0. The molecule has 9 heteroatoms. The van der Waals surface area contributed by atoms with Crippen molar-refractivity contribution >= 4 is 34.6 Å². The van der Waals surface area contributed by atoms with Gasteiger partial charge in [-0.25, -0.2) is 0 Å². The van der Waals surface area contributed by atoms with E-state index in [-0.39, 0.29) is 10.8 Å². The normalized spacial score (nSPS) is 9.94. The van der Waals surface area contributed by atoms with E-state index in [0.29, 0.717) is 0 Å². The number of hydrogen-bond acceptors (Lipinski definition) is 5. The quantitative estimate of drug-likeness (QED) is 0.619. The molecule has 1 aromatic carbocycles. The van der Waals surface area contributed by atoms with Crippen LogP contribution in [0, 0.1) is 20.2 Å². The van der Waals surface area contributed by atoms with Crippen LogP contribution >= 0.6 is 23.2 Å².